The molecule has 152 valence electrons. The summed E-state index contributed by atoms with van der Waals surface area (Å²) in [5.41, 5.74) is -0.751. The molecule has 27 heavy (non-hydrogen) atoms. The van der Waals surface area contributed by atoms with Crippen LogP contribution in [0.15, 0.2) is 29.3 Å². The van der Waals surface area contributed by atoms with Gasteiger partial charge in [0.05, 0.1) is 18.7 Å². The molecule has 3 N–H and O–H groups in total. The maximum absolute atomic E-state index is 12.8. The Hall–Kier alpha value is -2.45. The molecule has 0 aliphatic carbocycles. The van der Waals surface area contributed by atoms with Crippen LogP contribution < -0.4 is 20.7 Å². The molecule has 0 aromatic heterocycles. The molecule has 1 rings (SSSR count). The molecule has 1 amide bonds. The van der Waals surface area contributed by atoms with E-state index in [0.717, 1.165) is 18.6 Å². The molecule has 0 fully saturated rings. The molecule has 0 radical (unpaired) electrons. The Balaban J connectivity index is 2.54. The fourth-order valence-corrected chi connectivity index (χ4v) is 2.13. The average Bonchev–Trinajstić information content (AvgIpc) is 2.64. The first-order chi connectivity index (χ1) is 12.8. The summed E-state index contributed by atoms with van der Waals surface area (Å²) in [6.45, 7) is 4.83. The number of halogens is 3. The van der Waals surface area contributed by atoms with Gasteiger partial charge in [0.1, 0.15) is 11.9 Å². The molecule has 9 heteroatoms. The number of benzene rings is 1. The van der Waals surface area contributed by atoms with E-state index in [0.29, 0.717) is 25.5 Å². The number of carbonyl (C=O) groups is 1. The number of amides is 1. The van der Waals surface area contributed by atoms with Gasteiger partial charge in [0.15, 0.2) is 5.96 Å². The fraction of sp³-hybridized carbons (Fsp3) is 0.556. The van der Waals surface area contributed by atoms with Crippen LogP contribution in [0.3, 0.4) is 0 Å². The summed E-state index contributed by atoms with van der Waals surface area (Å²) in [7, 11) is 1.56. The minimum absolute atomic E-state index is 0.0744. The Morgan fingerprint density at radius 3 is 2.56 bits per heavy atom. The predicted molar refractivity (Wildman–Crippen MR) is 98.8 cm³/mol. The predicted octanol–water partition coefficient (Wildman–Crippen LogP) is 2.55. The Kier molecular flexibility index (Phi) is 9.46. The maximum atomic E-state index is 12.8. The average molecular weight is 388 g/mol. The number of nitrogens with one attached hydrogen (secondary N) is 3. The lowest BCUT2D eigenvalue weighted by molar-refractivity contribution is -0.137. The van der Waals surface area contributed by atoms with Crippen molar-refractivity contribution in [3.05, 3.63) is 29.8 Å². The monoisotopic (exact) mass is 388 g/mol. The van der Waals surface area contributed by atoms with Crippen LogP contribution in [0.1, 0.15) is 32.3 Å². The molecule has 0 saturated carbocycles. The van der Waals surface area contributed by atoms with Crippen molar-refractivity contribution in [2.75, 3.05) is 26.7 Å². The second-order valence-corrected chi connectivity index (χ2v) is 5.83. The second kappa shape index (κ2) is 11.3. The van der Waals surface area contributed by atoms with E-state index >= 15 is 0 Å². The van der Waals surface area contributed by atoms with Gasteiger partial charge in [0, 0.05) is 13.6 Å². The van der Waals surface area contributed by atoms with Gasteiger partial charge in [-0.15, -0.1) is 0 Å². The van der Waals surface area contributed by atoms with Gasteiger partial charge in [0.25, 0.3) is 0 Å². The highest BCUT2D eigenvalue weighted by molar-refractivity contribution is 5.86. The van der Waals surface area contributed by atoms with Crippen LogP contribution >= 0.6 is 0 Å². The molecule has 1 aromatic rings. The van der Waals surface area contributed by atoms with E-state index in [4.69, 9.17) is 4.74 Å². The first-order valence-electron chi connectivity index (χ1n) is 8.85. The highest BCUT2D eigenvalue weighted by atomic mass is 19.4. The molecular weight excluding hydrogens is 361 g/mol. The lowest BCUT2D eigenvalue weighted by atomic mass is 10.2. The van der Waals surface area contributed by atoms with Crippen LogP contribution in [-0.2, 0) is 11.0 Å². The van der Waals surface area contributed by atoms with Crippen molar-refractivity contribution >= 4 is 11.9 Å². The topological polar surface area (TPSA) is 74.8 Å². The number of rotatable bonds is 9. The zero-order valence-electron chi connectivity index (χ0n) is 15.8. The lowest BCUT2D eigenvalue weighted by Gasteiger charge is -2.20. The van der Waals surface area contributed by atoms with Crippen molar-refractivity contribution in [3.63, 3.8) is 0 Å². The molecular formula is C18H27F3N4O2. The summed E-state index contributed by atoms with van der Waals surface area (Å²) in [6, 6.07) is 4.78. The number of nitrogens with zero attached hydrogens (tertiary/aromatic N) is 1. The largest absolute Gasteiger partial charge is 0.489 e. The van der Waals surface area contributed by atoms with E-state index in [1.807, 2.05) is 13.8 Å². The van der Waals surface area contributed by atoms with Gasteiger partial charge in [-0.25, -0.2) is 0 Å². The number of alkyl halides is 3. The Labute approximate surface area is 157 Å². The van der Waals surface area contributed by atoms with Crippen LogP contribution in [0.4, 0.5) is 13.2 Å². The third-order valence-electron chi connectivity index (χ3n) is 3.63. The van der Waals surface area contributed by atoms with Gasteiger partial charge in [0.2, 0.25) is 5.91 Å². The molecule has 1 atom stereocenters. The van der Waals surface area contributed by atoms with Gasteiger partial charge in [-0.05, 0) is 31.0 Å². The van der Waals surface area contributed by atoms with Crippen molar-refractivity contribution in [1.29, 1.82) is 0 Å². The van der Waals surface area contributed by atoms with Crippen molar-refractivity contribution < 1.29 is 22.7 Å². The van der Waals surface area contributed by atoms with Gasteiger partial charge in [-0.1, -0.05) is 19.9 Å². The number of carbonyl (C=O) groups excluding carboxylic acids is 1. The zero-order valence-corrected chi connectivity index (χ0v) is 15.8. The van der Waals surface area contributed by atoms with E-state index in [-0.39, 0.29) is 24.3 Å². The maximum Gasteiger partial charge on any atom is 0.416 e. The van der Waals surface area contributed by atoms with E-state index in [1.54, 1.807) is 7.05 Å². The third kappa shape index (κ3) is 8.65. The van der Waals surface area contributed by atoms with Crippen molar-refractivity contribution in [2.45, 2.75) is 39.0 Å². The summed E-state index contributed by atoms with van der Waals surface area (Å²) in [6.07, 6.45) is -3.34. The first-order valence-corrected chi connectivity index (χ1v) is 8.85. The fourth-order valence-electron chi connectivity index (χ4n) is 2.13. The zero-order chi connectivity index (χ0) is 20.3. The molecule has 6 nitrogen and oxygen atoms in total. The molecule has 1 unspecified atom stereocenters. The Morgan fingerprint density at radius 1 is 1.22 bits per heavy atom. The second-order valence-electron chi connectivity index (χ2n) is 5.83. The molecule has 0 bridgehead atoms. The summed E-state index contributed by atoms with van der Waals surface area (Å²) >= 11 is 0. The van der Waals surface area contributed by atoms with E-state index in [1.165, 1.54) is 12.1 Å². The molecule has 0 aliphatic heterocycles. The molecule has 0 aliphatic rings. The Bertz CT molecular complexity index is 621. The SMILES string of the molecule is CCCNC(=O)CNC(=NC)NCC(CC)Oc1cccc(C(F)(F)F)c1. The highest BCUT2D eigenvalue weighted by Crippen LogP contribution is 2.31. The van der Waals surface area contributed by atoms with Crippen molar-refractivity contribution in [3.8, 4) is 5.75 Å². The van der Waals surface area contributed by atoms with E-state index in [2.05, 4.69) is 20.9 Å². The minimum Gasteiger partial charge on any atom is -0.489 e. The summed E-state index contributed by atoms with van der Waals surface area (Å²) in [4.78, 5) is 15.6. The van der Waals surface area contributed by atoms with Crippen LogP contribution in [-0.4, -0.2) is 44.7 Å². The summed E-state index contributed by atoms with van der Waals surface area (Å²) in [5, 5.41) is 8.62. The van der Waals surface area contributed by atoms with Gasteiger partial charge >= 0.3 is 6.18 Å². The quantitative estimate of drug-likeness (QED) is 0.449. The van der Waals surface area contributed by atoms with Crippen molar-refractivity contribution in [1.82, 2.24) is 16.0 Å². The minimum atomic E-state index is -4.41. The number of hydrogen-bond donors (Lipinski definition) is 3. The highest BCUT2D eigenvalue weighted by Gasteiger charge is 2.30. The van der Waals surface area contributed by atoms with E-state index < -0.39 is 11.7 Å². The van der Waals surface area contributed by atoms with Crippen LogP contribution in [0, 0.1) is 0 Å². The van der Waals surface area contributed by atoms with Crippen molar-refractivity contribution in [2.24, 2.45) is 4.99 Å². The molecule has 0 heterocycles. The number of hydrogen-bond acceptors (Lipinski definition) is 3. The van der Waals surface area contributed by atoms with Crippen LogP contribution in [0.25, 0.3) is 0 Å². The number of aliphatic imine (C=N–C) groups is 1. The van der Waals surface area contributed by atoms with Gasteiger partial charge < -0.3 is 20.7 Å². The first kappa shape index (κ1) is 22.6. The number of guanidine groups is 1. The smallest absolute Gasteiger partial charge is 0.416 e. The lowest BCUT2D eigenvalue weighted by Crippen LogP contribution is -2.46. The third-order valence-corrected chi connectivity index (χ3v) is 3.63. The van der Waals surface area contributed by atoms with Gasteiger partial charge in [-0.3, -0.25) is 9.79 Å². The Morgan fingerprint density at radius 2 is 1.96 bits per heavy atom. The van der Waals surface area contributed by atoms with Crippen LogP contribution in [0.5, 0.6) is 5.75 Å². The molecule has 0 saturated heterocycles. The molecule has 1 aromatic carbocycles. The molecule has 0 spiro atoms. The summed E-state index contributed by atoms with van der Waals surface area (Å²) in [5.74, 6) is 0.417. The van der Waals surface area contributed by atoms with Gasteiger partial charge in [-0.2, -0.15) is 13.2 Å². The standard InChI is InChI=1S/C18H27F3N4O2/c1-4-9-23-16(26)12-25-17(22-3)24-11-14(5-2)27-15-8-6-7-13(10-15)18(19,20)21/h6-8,10,14H,4-5,9,11-12H2,1-3H3,(H,23,26)(H2,22,24,25). The normalized spacial score (nSPS) is 13.0. The van der Waals surface area contributed by atoms with E-state index in [9.17, 15) is 18.0 Å². The number of ether oxygens (including phenoxy) is 1. The summed E-state index contributed by atoms with van der Waals surface area (Å²) < 4.78 is 44.0. The van der Waals surface area contributed by atoms with Crippen LogP contribution in [0.2, 0.25) is 0 Å².